The van der Waals surface area contributed by atoms with Crippen molar-refractivity contribution in [3.63, 3.8) is 0 Å². The van der Waals surface area contributed by atoms with E-state index in [0.29, 0.717) is 5.69 Å². The van der Waals surface area contributed by atoms with Gasteiger partial charge in [-0.15, -0.1) is 0 Å². The van der Waals surface area contributed by atoms with Gasteiger partial charge in [0.25, 0.3) is 0 Å². The van der Waals surface area contributed by atoms with Gasteiger partial charge in [-0.3, -0.25) is 9.59 Å². The van der Waals surface area contributed by atoms with Gasteiger partial charge in [0.2, 0.25) is 0 Å². The molecule has 4 fully saturated rings. The summed E-state index contributed by atoms with van der Waals surface area (Å²) in [4.78, 5) is 24.4. The van der Waals surface area contributed by atoms with Crippen molar-refractivity contribution in [1.82, 2.24) is 5.32 Å². The Balaban J connectivity index is 1.42. The first kappa shape index (κ1) is 13.8. The first-order chi connectivity index (χ1) is 10.6. The van der Waals surface area contributed by atoms with Crippen LogP contribution in [0.2, 0.25) is 0 Å². The van der Waals surface area contributed by atoms with E-state index in [4.69, 9.17) is 0 Å². The molecule has 4 aliphatic rings. The van der Waals surface area contributed by atoms with Crippen LogP contribution in [0.4, 0.5) is 5.69 Å². The molecular formula is C18H22N2O2. The lowest BCUT2D eigenvalue weighted by Gasteiger charge is -2.56. The third kappa shape index (κ3) is 2.51. The minimum absolute atomic E-state index is 0.111. The standard InChI is InChI=1S/C18H22N2O2/c21-16(19-15-4-2-1-3-5-15)17(22)20-18-9-12-6-13(10-18)8-14(7-12)11-18/h1-5,12-14H,6-11H2,(H,19,21)(H,20,22). The fraction of sp³-hybridized carbons (Fsp3) is 0.556. The monoisotopic (exact) mass is 298 g/mol. The minimum atomic E-state index is -0.554. The van der Waals surface area contributed by atoms with Crippen LogP contribution in [-0.2, 0) is 9.59 Å². The second kappa shape index (κ2) is 5.11. The molecule has 0 saturated heterocycles. The average Bonchev–Trinajstić information content (AvgIpc) is 2.46. The molecule has 0 unspecified atom stereocenters. The van der Waals surface area contributed by atoms with Crippen molar-refractivity contribution in [3.8, 4) is 0 Å². The van der Waals surface area contributed by atoms with Crippen molar-refractivity contribution >= 4 is 17.5 Å². The lowest BCUT2D eigenvalue weighted by molar-refractivity contribution is -0.139. The molecule has 116 valence electrons. The normalized spacial score (nSPS) is 35.2. The van der Waals surface area contributed by atoms with E-state index in [9.17, 15) is 9.59 Å². The van der Waals surface area contributed by atoms with E-state index in [0.717, 1.165) is 37.0 Å². The number of hydrogen-bond acceptors (Lipinski definition) is 2. The molecule has 2 N–H and O–H groups in total. The van der Waals surface area contributed by atoms with E-state index in [1.165, 1.54) is 19.3 Å². The predicted octanol–water partition coefficient (Wildman–Crippen LogP) is 2.71. The van der Waals surface area contributed by atoms with Gasteiger partial charge < -0.3 is 10.6 Å². The molecule has 0 aromatic heterocycles. The lowest BCUT2D eigenvalue weighted by Crippen LogP contribution is -2.61. The minimum Gasteiger partial charge on any atom is -0.342 e. The molecule has 1 aromatic rings. The van der Waals surface area contributed by atoms with E-state index < -0.39 is 11.8 Å². The van der Waals surface area contributed by atoms with Crippen molar-refractivity contribution < 1.29 is 9.59 Å². The number of rotatable bonds is 2. The Morgan fingerprint density at radius 2 is 1.41 bits per heavy atom. The molecular weight excluding hydrogens is 276 g/mol. The molecule has 22 heavy (non-hydrogen) atoms. The summed E-state index contributed by atoms with van der Waals surface area (Å²) in [5, 5.41) is 5.77. The molecule has 4 nitrogen and oxygen atoms in total. The number of anilines is 1. The summed E-state index contributed by atoms with van der Waals surface area (Å²) in [6, 6.07) is 9.14. The van der Waals surface area contributed by atoms with Crippen LogP contribution in [0.1, 0.15) is 38.5 Å². The highest BCUT2D eigenvalue weighted by Crippen LogP contribution is 2.55. The Bertz CT molecular complexity index is 561. The van der Waals surface area contributed by atoms with Crippen molar-refractivity contribution in [2.24, 2.45) is 17.8 Å². The van der Waals surface area contributed by atoms with Gasteiger partial charge in [-0.05, 0) is 68.4 Å². The van der Waals surface area contributed by atoms with Gasteiger partial charge >= 0.3 is 11.8 Å². The average molecular weight is 298 g/mol. The van der Waals surface area contributed by atoms with Crippen LogP contribution in [-0.4, -0.2) is 17.4 Å². The van der Waals surface area contributed by atoms with E-state index in [2.05, 4.69) is 10.6 Å². The summed E-state index contributed by atoms with van der Waals surface area (Å²) in [7, 11) is 0. The molecule has 5 rings (SSSR count). The fourth-order valence-corrected chi connectivity index (χ4v) is 5.27. The maximum Gasteiger partial charge on any atom is 0.313 e. The van der Waals surface area contributed by atoms with Crippen LogP contribution in [0, 0.1) is 17.8 Å². The van der Waals surface area contributed by atoms with E-state index in [1.807, 2.05) is 18.2 Å². The summed E-state index contributed by atoms with van der Waals surface area (Å²) >= 11 is 0. The van der Waals surface area contributed by atoms with Crippen molar-refractivity contribution in [2.75, 3.05) is 5.32 Å². The zero-order valence-electron chi connectivity index (χ0n) is 12.7. The van der Waals surface area contributed by atoms with Gasteiger partial charge in [0.15, 0.2) is 0 Å². The van der Waals surface area contributed by atoms with Gasteiger partial charge in [-0.2, -0.15) is 0 Å². The first-order valence-corrected chi connectivity index (χ1v) is 8.30. The maximum absolute atomic E-state index is 12.3. The van der Waals surface area contributed by atoms with Crippen LogP contribution in [0.3, 0.4) is 0 Å². The fourth-order valence-electron chi connectivity index (χ4n) is 5.27. The largest absolute Gasteiger partial charge is 0.342 e. The molecule has 4 bridgehead atoms. The molecule has 0 heterocycles. The Labute approximate surface area is 130 Å². The molecule has 1 aromatic carbocycles. The van der Waals surface area contributed by atoms with Crippen LogP contribution in [0.25, 0.3) is 0 Å². The van der Waals surface area contributed by atoms with Gasteiger partial charge in [0.1, 0.15) is 0 Å². The van der Waals surface area contributed by atoms with Crippen LogP contribution < -0.4 is 10.6 Å². The number of amides is 2. The predicted molar refractivity (Wildman–Crippen MR) is 84.1 cm³/mol. The Kier molecular flexibility index (Phi) is 3.21. The third-order valence-electron chi connectivity index (χ3n) is 5.65. The number of para-hydroxylation sites is 1. The summed E-state index contributed by atoms with van der Waals surface area (Å²) < 4.78 is 0. The number of hydrogen-bond donors (Lipinski definition) is 2. The number of carbonyl (C=O) groups excluding carboxylic acids is 2. The zero-order chi connectivity index (χ0) is 15.2. The van der Waals surface area contributed by atoms with Crippen LogP contribution in [0.5, 0.6) is 0 Å². The number of carbonyl (C=O) groups is 2. The van der Waals surface area contributed by atoms with E-state index in [-0.39, 0.29) is 5.54 Å². The molecule has 2 amide bonds. The summed E-state index contributed by atoms with van der Waals surface area (Å²) in [6.07, 6.45) is 7.15. The Morgan fingerprint density at radius 3 is 1.95 bits per heavy atom. The summed E-state index contributed by atoms with van der Waals surface area (Å²) in [6.45, 7) is 0. The molecule has 0 spiro atoms. The molecule has 0 radical (unpaired) electrons. The summed E-state index contributed by atoms with van der Waals surface area (Å²) in [5.41, 5.74) is 0.549. The highest BCUT2D eigenvalue weighted by atomic mass is 16.2. The molecule has 4 heteroatoms. The second-order valence-electron chi connectivity index (χ2n) is 7.47. The first-order valence-electron chi connectivity index (χ1n) is 8.30. The highest BCUT2D eigenvalue weighted by molar-refractivity contribution is 6.39. The van der Waals surface area contributed by atoms with Gasteiger partial charge in [0.05, 0.1) is 0 Å². The smallest absolute Gasteiger partial charge is 0.313 e. The van der Waals surface area contributed by atoms with Crippen molar-refractivity contribution in [3.05, 3.63) is 30.3 Å². The zero-order valence-corrected chi connectivity index (χ0v) is 12.7. The molecule has 4 aliphatic carbocycles. The SMILES string of the molecule is O=C(Nc1ccccc1)C(=O)NC12CC3CC(CC(C3)C1)C2. The second-order valence-corrected chi connectivity index (χ2v) is 7.47. The van der Waals surface area contributed by atoms with Gasteiger partial charge in [-0.1, -0.05) is 18.2 Å². The van der Waals surface area contributed by atoms with Crippen LogP contribution >= 0.6 is 0 Å². The molecule has 0 atom stereocenters. The topological polar surface area (TPSA) is 58.2 Å². The van der Waals surface area contributed by atoms with Gasteiger partial charge in [-0.25, -0.2) is 0 Å². The number of nitrogens with one attached hydrogen (secondary N) is 2. The van der Waals surface area contributed by atoms with Crippen molar-refractivity contribution in [1.29, 1.82) is 0 Å². The lowest BCUT2D eigenvalue weighted by atomic mass is 9.53. The van der Waals surface area contributed by atoms with Crippen LogP contribution in [0.15, 0.2) is 30.3 Å². The maximum atomic E-state index is 12.3. The summed E-state index contributed by atoms with van der Waals surface area (Å²) in [5.74, 6) is 1.23. The Morgan fingerprint density at radius 1 is 0.864 bits per heavy atom. The van der Waals surface area contributed by atoms with E-state index in [1.54, 1.807) is 12.1 Å². The molecule has 0 aliphatic heterocycles. The molecule has 4 saturated carbocycles. The Hall–Kier alpha value is -1.84. The van der Waals surface area contributed by atoms with Gasteiger partial charge in [0, 0.05) is 11.2 Å². The van der Waals surface area contributed by atoms with E-state index >= 15 is 0 Å². The third-order valence-corrected chi connectivity index (χ3v) is 5.65. The quantitative estimate of drug-likeness (QED) is 0.825. The highest BCUT2D eigenvalue weighted by Gasteiger charge is 2.51. The van der Waals surface area contributed by atoms with Crippen molar-refractivity contribution in [2.45, 2.75) is 44.1 Å². The number of benzene rings is 1.